The van der Waals surface area contributed by atoms with Crippen LogP contribution in [0.4, 0.5) is 13.2 Å². The van der Waals surface area contributed by atoms with E-state index >= 15 is 4.79 Å². The van der Waals surface area contributed by atoms with Crippen molar-refractivity contribution in [1.82, 2.24) is 19.6 Å². The number of allylic oxidation sites excluding steroid dienone is 2. The van der Waals surface area contributed by atoms with Crippen molar-refractivity contribution in [3.63, 3.8) is 0 Å². The Balaban J connectivity index is 1.26. The van der Waals surface area contributed by atoms with E-state index in [1.54, 1.807) is 31.3 Å². The van der Waals surface area contributed by atoms with Crippen molar-refractivity contribution < 1.29 is 59.4 Å². The van der Waals surface area contributed by atoms with Gasteiger partial charge in [-0.3, -0.25) is 23.9 Å². The van der Waals surface area contributed by atoms with E-state index in [2.05, 4.69) is 14.7 Å². The Morgan fingerprint density at radius 3 is 2.49 bits per heavy atom. The maximum atomic E-state index is 15.1. The molecule has 0 spiro atoms. The molecule has 14 nitrogen and oxygen atoms in total. The molecule has 4 heterocycles. The minimum absolute atomic E-state index is 0.00403. The second-order valence-electron chi connectivity index (χ2n) is 18.5. The van der Waals surface area contributed by atoms with E-state index in [1.807, 2.05) is 26.0 Å². The summed E-state index contributed by atoms with van der Waals surface area (Å²) in [6.45, 7) is 6.71. The number of nitrogens with zero attached hydrogens (tertiary/aromatic N) is 3. The van der Waals surface area contributed by atoms with E-state index in [0.717, 1.165) is 13.8 Å². The van der Waals surface area contributed by atoms with E-state index in [-0.39, 0.29) is 31.2 Å². The van der Waals surface area contributed by atoms with E-state index in [1.165, 1.54) is 24.6 Å². The SMILES string of the molecule is CC[C@@H]1C[C@H](C)CC/C=C\[C@@H]2C[C@@]2(C(=O)NS(=O)(=O)C2(C)CC2)CC(=O)[C@@H]2C[C@@H](Oc3ncc(-c4cnco4)c4cc(OC)ccc34)CN2C(=O)[C@H]1CC(=O)OC(C)(C)C(F)(F)F. The monoisotopic (exact) mass is 900 g/mol. The van der Waals surface area contributed by atoms with Crippen LogP contribution in [0.5, 0.6) is 11.6 Å². The van der Waals surface area contributed by atoms with Crippen LogP contribution in [-0.2, 0) is 33.9 Å². The van der Waals surface area contributed by atoms with Gasteiger partial charge in [-0.2, -0.15) is 13.2 Å². The number of sulfonamides is 1. The van der Waals surface area contributed by atoms with Gasteiger partial charge in [-0.15, -0.1) is 0 Å². The number of methoxy groups -OCH3 is 1. The zero-order valence-corrected chi connectivity index (χ0v) is 37.1. The molecule has 1 N–H and O–H groups in total. The lowest BCUT2D eigenvalue weighted by atomic mass is 9.79. The van der Waals surface area contributed by atoms with Crippen LogP contribution in [-0.4, -0.2) is 89.2 Å². The highest BCUT2D eigenvalue weighted by Crippen LogP contribution is 2.58. The molecule has 0 bridgehead atoms. The maximum Gasteiger partial charge on any atom is 0.427 e. The van der Waals surface area contributed by atoms with Crippen molar-refractivity contribution >= 4 is 44.4 Å². The molecule has 63 heavy (non-hydrogen) atoms. The molecule has 1 saturated heterocycles. The van der Waals surface area contributed by atoms with E-state index in [4.69, 9.17) is 18.6 Å². The lowest BCUT2D eigenvalue weighted by molar-refractivity contribution is -0.257. The number of fused-ring (bicyclic) bond motifs is 3. The molecular weight excluding hydrogens is 846 g/mol. The van der Waals surface area contributed by atoms with Crippen LogP contribution in [0.1, 0.15) is 98.8 Å². The van der Waals surface area contributed by atoms with E-state index in [0.29, 0.717) is 66.4 Å². The molecule has 18 heteroatoms. The predicted molar refractivity (Wildman–Crippen MR) is 223 cm³/mol. The summed E-state index contributed by atoms with van der Waals surface area (Å²) >= 11 is 0. The number of oxazole rings is 1. The molecule has 2 aromatic heterocycles. The highest BCUT2D eigenvalue weighted by atomic mass is 32.2. The number of alkyl halides is 3. The summed E-state index contributed by atoms with van der Waals surface area (Å²) in [6, 6.07) is 4.03. The molecule has 2 amide bonds. The lowest BCUT2D eigenvalue weighted by Crippen LogP contribution is -2.49. The summed E-state index contributed by atoms with van der Waals surface area (Å²) in [6.07, 6.45) is 4.35. The fourth-order valence-electron chi connectivity index (χ4n) is 9.02. The number of esters is 1. The fourth-order valence-corrected chi connectivity index (χ4v) is 10.4. The Morgan fingerprint density at radius 1 is 1.10 bits per heavy atom. The molecule has 2 aliphatic heterocycles. The van der Waals surface area contributed by atoms with Gasteiger partial charge in [0.15, 0.2) is 17.9 Å². The number of ketones is 1. The number of halogens is 3. The van der Waals surface area contributed by atoms with Gasteiger partial charge in [0.25, 0.3) is 0 Å². The first-order chi connectivity index (χ1) is 29.6. The summed E-state index contributed by atoms with van der Waals surface area (Å²) in [7, 11) is -2.53. The summed E-state index contributed by atoms with van der Waals surface area (Å²) in [4.78, 5) is 67.4. The molecule has 0 radical (unpaired) electrons. The molecule has 3 fully saturated rings. The number of benzene rings is 1. The van der Waals surface area contributed by atoms with Gasteiger partial charge in [0.05, 0.1) is 48.4 Å². The van der Waals surface area contributed by atoms with Crippen LogP contribution >= 0.6 is 0 Å². The third-order valence-electron chi connectivity index (χ3n) is 13.6. The second kappa shape index (κ2) is 17.2. The number of hydrogen-bond donors (Lipinski definition) is 1. The molecule has 7 atom stereocenters. The van der Waals surface area contributed by atoms with Crippen LogP contribution in [0.25, 0.3) is 22.1 Å². The third-order valence-corrected chi connectivity index (χ3v) is 15.8. The minimum atomic E-state index is -4.88. The lowest BCUT2D eigenvalue weighted by Gasteiger charge is -2.34. The number of Topliss-reactive ketones (excluding diaryl/α,β-unsaturated/α-hetero) is 1. The van der Waals surface area contributed by atoms with Crippen molar-refractivity contribution in [2.24, 2.45) is 29.1 Å². The number of aromatic nitrogens is 2. The Kier molecular flexibility index (Phi) is 12.5. The highest BCUT2D eigenvalue weighted by molar-refractivity contribution is 7.91. The molecule has 0 unspecified atom stereocenters. The van der Waals surface area contributed by atoms with Gasteiger partial charge in [-0.05, 0) is 95.2 Å². The average Bonchev–Trinajstić information content (AvgIpc) is 3.98. The third kappa shape index (κ3) is 9.32. The van der Waals surface area contributed by atoms with E-state index in [9.17, 15) is 36.0 Å². The standard InChI is InChI=1S/C45H55F3N4O10S/c1-7-27-16-26(2)10-8-9-11-28-20-44(28,41(56)51-63(57,58)43(5)14-15-43)21-36(53)35-18-30(24-52(35)40(55)32(27)19-38(54)62-42(3,4)45(46,47)48)61-39-31-13-12-29(59-6)17-33(31)34(22-50-39)37-23-49-25-60-37/h9,11-13,17,22-23,25-28,30,32,35H,7-8,10,14-16,18-21,24H2,1-6H3,(H,51,56)/b11-9-/t26-,27-,28-,30-,32+,35+,44-/m1/s1. The Labute approximate surface area is 364 Å². The molecule has 2 saturated carbocycles. The molecule has 342 valence electrons. The van der Waals surface area contributed by atoms with Crippen LogP contribution in [0, 0.1) is 29.1 Å². The first-order valence-corrected chi connectivity index (χ1v) is 23.0. The van der Waals surface area contributed by atoms with Crippen LogP contribution in [0.2, 0.25) is 0 Å². The zero-order valence-electron chi connectivity index (χ0n) is 36.3. The Hall–Kier alpha value is -5.00. The zero-order chi connectivity index (χ0) is 45.7. The minimum Gasteiger partial charge on any atom is -0.497 e. The Morgan fingerprint density at radius 2 is 1.84 bits per heavy atom. The number of carbonyl (C=O) groups excluding carboxylic acids is 4. The van der Waals surface area contributed by atoms with Crippen molar-refractivity contribution in [3.8, 4) is 23.0 Å². The average molecular weight is 901 g/mol. The van der Waals surface area contributed by atoms with Crippen molar-refractivity contribution in [2.45, 2.75) is 127 Å². The summed E-state index contributed by atoms with van der Waals surface area (Å²) in [5, 5.41) is 1.20. The molecule has 4 aliphatic rings. The van der Waals surface area contributed by atoms with Gasteiger partial charge in [0, 0.05) is 35.4 Å². The predicted octanol–water partition coefficient (Wildman–Crippen LogP) is 7.50. The molecule has 7 rings (SSSR count). The summed E-state index contributed by atoms with van der Waals surface area (Å²) in [5.41, 5.74) is -3.64. The number of rotatable bonds is 11. The van der Waals surface area contributed by atoms with Crippen LogP contribution < -0.4 is 14.2 Å². The topological polar surface area (TPSA) is 184 Å². The largest absolute Gasteiger partial charge is 0.497 e. The molecule has 1 aromatic carbocycles. The number of nitrogens with one attached hydrogen (secondary N) is 1. The Bertz CT molecular complexity index is 2380. The maximum absolute atomic E-state index is 15.1. The summed E-state index contributed by atoms with van der Waals surface area (Å²) in [5.74, 6) is -4.10. The quantitative estimate of drug-likeness (QED) is 0.148. The molecule has 2 aliphatic carbocycles. The molecule has 3 aromatic rings. The van der Waals surface area contributed by atoms with Gasteiger partial charge in [0.2, 0.25) is 33.3 Å². The number of carbonyl (C=O) groups is 4. The molecular formula is C45H55F3N4O10S. The number of amides is 2. The number of pyridine rings is 1. The van der Waals surface area contributed by atoms with Gasteiger partial charge >= 0.3 is 12.1 Å². The van der Waals surface area contributed by atoms with Crippen molar-refractivity contribution in [1.29, 1.82) is 0 Å². The normalized spacial score (nSPS) is 28.2. The fraction of sp³-hybridized carbons (Fsp3) is 0.600. The van der Waals surface area contributed by atoms with Crippen molar-refractivity contribution in [3.05, 3.63) is 49.1 Å². The van der Waals surface area contributed by atoms with Crippen LogP contribution in [0.3, 0.4) is 0 Å². The van der Waals surface area contributed by atoms with Crippen molar-refractivity contribution in [2.75, 3.05) is 13.7 Å². The number of ether oxygens (including phenoxy) is 3. The van der Waals surface area contributed by atoms with E-state index < -0.39 is 98.3 Å². The number of hydrogen-bond acceptors (Lipinski definition) is 12. The van der Waals surface area contributed by atoms with Gasteiger partial charge in [0.1, 0.15) is 11.9 Å². The summed E-state index contributed by atoms with van der Waals surface area (Å²) < 4.78 is 92.1. The van der Waals surface area contributed by atoms with Crippen LogP contribution in [0.15, 0.2) is 53.6 Å². The highest BCUT2D eigenvalue weighted by Gasteiger charge is 2.63. The van der Waals surface area contributed by atoms with Gasteiger partial charge < -0.3 is 23.5 Å². The smallest absolute Gasteiger partial charge is 0.427 e. The first kappa shape index (κ1) is 46.0. The van der Waals surface area contributed by atoms with Gasteiger partial charge in [-0.1, -0.05) is 32.4 Å². The first-order valence-electron chi connectivity index (χ1n) is 21.5. The second-order valence-corrected chi connectivity index (χ2v) is 20.7. The van der Waals surface area contributed by atoms with Gasteiger partial charge in [-0.25, -0.2) is 18.4 Å².